The maximum Gasteiger partial charge on any atom is 0.341 e. The molecule has 9 nitrogen and oxygen atoms in total. The number of hydrogen-bond donors (Lipinski definition) is 3. The van der Waals surface area contributed by atoms with Crippen molar-refractivity contribution in [2.45, 2.75) is 49.2 Å². The molecule has 2 aromatic carbocycles. The van der Waals surface area contributed by atoms with Gasteiger partial charge in [0.2, 0.25) is 5.91 Å². The van der Waals surface area contributed by atoms with Crippen LogP contribution < -0.4 is 16.0 Å². The molecule has 0 radical (unpaired) electrons. The lowest BCUT2D eigenvalue weighted by atomic mass is 10.1. The first-order valence-corrected chi connectivity index (χ1v) is 16.3. The Balaban J connectivity index is 1.27. The van der Waals surface area contributed by atoms with Crippen molar-refractivity contribution in [3.63, 3.8) is 0 Å². The van der Waals surface area contributed by atoms with Crippen LogP contribution in [0.5, 0.6) is 0 Å². The van der Waals surface area contributed by atoms with Crippen LogP contribution in [0.4, 0.5) is 10.7 Å². The number of furan rings is 1. The molecular formula is C34H33N3O6S2. The number of carbonyl (C=O) groups is 4. The van der Waals surface area contributed by atoms with Gasteiger partial charge >= 0.3 is 5.97 Å². The monoisotopic (exact) mass is 643 g/mol. The lowest BCUT2D eigenvalue weighted by Crippen LogP contribution is -2.30. The van der Waals surface area contributed by atoms with Crippen molar-refractivity contribution in [2.24, 2.45) is 0 Å². The molecule has 1 aliphatic rings. The molecule has 1 aliphatic carbocycles. The second kappa shape index (κ2) is 14.9. The Morgan fingerprint density at radius 3 is 2.51 bits per heavy atom. The Morgan fingerprint density at radius 1 is 0.956 bits per heavy atom. The lowest BCUT2D eigenvalue weighted by molar-refractivity contribution is -0.115. The normalized spacial score (nSPS) is 13.6. The molecule has 4 aromatic rings. The highest BCUT2D eigenvalue weighted by Gasteiger charge is 2.27. The minimum Gasteiger partial charge on any atom is -0.465 e. The van der Waals surface area contributed by atoms with E-state index in [1.165, 1.54) is 42.5 Å². The molecule has 1 unspecified atom stereocenters. The number of nitrogens with one attached hydrogen (secondary N) is 3. The number of benzene rings is 2. The molecule has 0 saturated heterocycles. The average molecular weight is 644 g/mol. The molecule has 5 rings (SSSR count). The van der Waals surface area contributed by atoms with E-state index in [1.54, 1.807) is 67.6 Å². The van der Waals surface area contributed by atoms with Crippen LogP contribution in [-0.2, 0) is 27.2 Å². The van der Waals surface area contributed by atoms with Gasteiger partial charge in [-0.3, -0.25) is 14.4 Å². The molecule has 0 bridgehead atoms. The third kappa shape index (κ3) is 8.11. The van der Waals surface area contributed by atoms with Crippen LogP contribution in [-0.4, -0.2) is 36.1 Å². The summed E-state index contributed by atoms with van der Waals surface area (Å²) < 4.78 is 10.4. The van der Waals surface area contributed by atoms with Gasteiger partial charge in [0.1, 0.15) is 16.5 Å². The Hall–Kier alpha value is -4.61. The fourth-order valence-corrected chi connectivity index (χ4v) is 7.13. The zero-order chi connectivity index (χ0) is 31.8. The fourth-order valence-electron chi connectivity index (χ4n) is 4.92. The van der Waals surface area contributed by atoms with Gasteiger partial charge in [-0.25, -0.2) is 4.79 Å². The molecule has 232 valence electrons. The number of esters is 1. The van der Waals surface area contributed by atoms with E-state index in [0.29, 0.717) is 27.6 Å². The van der Waals surface area contributed by atoms with E-state index in [1.807, 2.05) is 6.07 Å². The molecule has 3 amide bonds. The minimum atomic E-state index is -0.545. The number of anilines is 2. The first-order chi connectivity index (χ1) is 21.8. The summed E-state index contributed by atoms with van der Waals surface area (Å²) in [7, 11) is 1.35. The van der Waals surface area contributed by atoms with Crippen molar-refractivity contribution in [1.82, 2.24) is 5.32 Å². The maximum absolute atomic E-state index is 13.3. The topological polar surface area (TPSA) is 127 Å². The molecule has 11 heteroatoms. The Bertz CT molecular complexity index is 1710. The first kappa shape index (κ1) is 31.8. The van der Waals surface area contributed by atoms with Crippen molar-refractivity contribution in [2.75, 3.05) is 17.7 Å². The second-order valence-corrected chi connectivity index (χ2v) is 12.9. The highest BCUT2D eigenvalue weighted by Crippen LogP contribution is 2.38. The number of fused-ring (bicyclic) bond motifs is 1. The van der Waals surface area contributed by atoms with Gasteiger partial charge in [-0.1, -0.05) is 30.7 Å². The number of aryl methyl sites for hydroxylation is 1. The molecule has 2 heterocycles. The van der Waals surface area contributed by atoms with Gasteiger partial charge in [0.25, 0.3) is 11.8 Å². The van der Waals surface area contributed by atoms with E-state index < -0.39 is 23.0 Å². The summed E-state index contributed by atoms with van der Waals surface area (Å²) in [5.41, 5.74) is 2.33. The van der Waals surface area contributed by atoms with Crippen molar-refractivity contribution >= 4 is 63.6 Å². The predicted molar refractivity (Wildman–Crippen MR) is 177 cm³/mol. The molecular weight excluding hydrogens is 611 g/mol. The summed E-state index contributed by atoms with van der Waals surface area (Å²) in [4.78, 5) is 54.0. The predicted octanol–water partition coefficient (Wildman–Crippen LogP) is 6.93. The van der Waals surface area contributed by atoms with Crippen LogP contribution >= 0.6 is 23.1 Å². The fraction of sp³-hybridized carbons (Fsp3) is 0.235. The summed E-state index contributed by atoms with van der Waals surface area (Å²) >= 11 is 2.77. The van der Waals surface area contributed by atoms with E-state index >= 15 is 0 Å². The van der Waals surface area contributed by atoms with Crippen LogP contribution in [0, 0.1) is 0 Å². The van der Waals surface area contributed by atoms with E-state index in [0.717, 1.165) is 47.4 Å². The molecule has 2 aromatic heterocycles. The minimum absolute atomic E-state index is 0.000336. The Kier molecular flexibility index (Phi) is 10.5. The number of thiophene rings is 1. The second-order valence-electron chi connectivity index (χ2n) is 10.4. The largest absolute Gasteiger partial charge is 0.465 e. The van der Waals surface area contributed by atoms with Crippen molar-refractivity contribution in [3.8, 4) is 0 Å². The number of methoxy groups -OCH3 is 1. The quantitative estimate of drug-likeness (QED) is 0.0741. The van der Waals surface area contributed by atoms with Gasteiger partial charge < -0.3 is 25.1 Å². The van der Waals surface area contributed by atoms with Crippen molar-refractivity contribution in [3.05, 3.63) is 106 Å². The van der Waals surface area contributed by atoms with Gasteiger partial charge in [0, 0.05) is 27.1 Å². The van der Waals surface area contributed by atoms with Crippen LogP contribution in [0.1, 0.15) is 63.1 Å². The summed E-state index contributed by atoms with van der Waals surface area (Å²) in [6.07, 6.45) is 7.78. The number of thioether (sulfide) groups is 1. The molecule has 45 heavy (non-hydrogen) atoms. The summed E-state index contributed by atoms with van der Waals surface area (Å²) in [5.74, 6) is -1.27. The van der Waals surface area contributed by atoms with Gasteiger partial charge in [-0.15, -0.1) is 23.1 Å². The van der Waals surface area contributed by atoms with Crippen LogP contribution in [0.15, 0.2) is 88.0 Å². The number of carbonyl (C=O) groups excluding carboxylic acids is 4. The number of hydrogen-bond acceptors (Lipinski definition) is 8. The smallest absolute Gasteiger partial charge is 0.341 e. The maximum atomic E-state index is 13.3. The molecule has 3 N–H and O–H groups in total. The standard InChI is InChI=1S/C34H33N3O6S2/c1-21(30(38)37-33-29(34(41)42-2)26-16-7-4-8-17-28(26)45-33)44-25-15-9-13-23(19-25)35-32(40)27(20-24-14-10-18-43-24)36-31(39)22-11-5-3-6-12-22/h3,5-6,9-15,18-21H,4,7-8,16-17H2,1-2H3,(H,35,40)(H,36,39)(H,37,38)/b27-20-. The van der Waals surface area contributed by atoms with E-state index in [2.05, 4.69) is 16.0 Å². The van der Waals surface area contributed by atoms with Gasteiger partial charge in [-0.05, 0) is 80.6 Å². The van der Waals surface area contributed by atoms with Gasteiger partial charge in [0.05, 0.1) is 24.2 Å². The molecule has 0 aliphatic heterocycles. The van der Waals surface area contributed by atoms with Crippen molar-refractivity contribution in [1.29, 1.82) is 0 Å². The summed E-state index contributed by atoms with van der Waals surface area (Å²) in [6, 6.07) is 19.0. The highest BCUT2D eigenvalue weighted by molar-refractivity contribution is 8.00. The Morgan fingerprint density at radius 2 is 1.76 bits per heavy atom. The third-order valence-corrected chi connectivity index (χ3v) is 9.48. The van der Waals surface area contributed by atoms with E-state index in [-0.39, 0.29) is 11.6 Å². The van der Waals surface area contributed by atoms with Crippen LogP contribution in [0.2, 0.25) is 0 Å². The summed E-state index contributed by atoms with van der Waals surface area (Å²) in [6.45, 7) is 1.78. The molecule has 0 fully saturated rings. The van der Waals surface area contributed by atoms with Gasteiger partial charge in [-0.2, -0.15) is 0 Å². The Labute approximate surface area is 269 Å². The van der Waals surface area contributed by atoms with Crippen LogP contribution in [0.3, 0.4) is 0 Å². The number of amides is 3. The zero-order valence-electron chi connectivity index (χ0n) is 24.9. The molecule has 0 spiro atoms. The zero-order valence-corrected chi connectivity index (χ0v) is 26.5. The molecule has 1 atom stereocenters. The first-order valence-electron chi connectivity index (χ1n) is 14.6. The van der Waals surface area contributed by atoms with Crippen molar-refractivity contribution < 1.29 is 28.3 Å². The molecule has 0 saturated carbocycles. The SMILES string of the molecule is COC(=O)c1c(NC(=O)C(C)Sc2cccc(NC(=O)/C(=C/c3ccco3)NC(=O)c3ccccc3)c2)sc2c1CCCCC2. The van der Waals surface area contributed by atoms with Gasteiger partial charge in [0.15, 0.2) is 0 Å². The summed E-state index contributed by atoms with van der Waals surface area (Å²) in [5, 5.41) is 8.49. The average Bonchev–Trinajstić information content (AvgIpc) is 3.61. The van der Waals surface area contributed by atoms with E-state index in [9.17, 15) is 19.2 Å². The number of ether oxygens (including phenoxy) is 1. The highest BCUT2D eigenvalue weighted by atomic mass is 32.2. The third-order valence-electron chi connectivity index (χ3n) is 7.18. The van der Waals surface area contributed by atoms with Crippen LogP contribution in [0.25, 0.3) is 6.08 Å². The van der Waals surface area contributed by atoms with E-state index in [4.69, 9.17) is 9.15 Å². The number of rotatable bonds is 10. The lowest BCUT2D eigenvalue weighted by Gasteiger charge is -2.14.